The Morgan fingerprint density at radius 3 is 2.46 bits per heavy atom. The van der Waals surface area contributed by atoms with E-state index in [1.807, 2.05) is 63.2 Å². The van der Waals surface area contributed by atoms with Gasteiger partial charge in [0.2, 0.25) is 5.91 Å². The lowest BCUT2D eigenvalue weighted by molar-refractivity contribution is -0.121. The molecular weight excluding hydrogens is 346 g/mol. The van der Waals surface area contributed by atoms with Gasteiger partial charge in [0, 0.05) is 10.7 Å². The third-order valence-corrected chi connectivity index (χ3v) is 5.41. The second-order valence-corrected chi connectivity index (χ2v) is 7.78. The van der Waals surface area contributed by atoms with E-state index in [1.165, 1.54) is 0 Å². The molecule has 138 valence electrons. The highest BCUT2D eigenvalue weighted by molar-refractivity contribution is 6.31. The fourth-order valence-corrected chi connectivity index (χ4v) is 4.13. The van der Waals surface area contributed by atoms with Crippen molar-refractivity contribution in [3.63, 3.8) is 0 Å². The predicted molar refractivity (Wildman–Crippen MR) is 107 cm³/mol. The Balaban J connectivity index is 1.86. The molecule has 0 bridgehead atoms. The number of carbonyl (C=O) groups is 1. The van der Waals surface area contributed by atoms with E-state index in [0.29, 0.717) is 5.02 Å². The van der Waals surface area contributed by atoms with Crippen molar-refractivity contribution >= 4 is 23.2 Å². The van der Waals surface area contributed by atoms with Crippen LogP contribution in [0, 0.1) is 6.92 Å². The Kier molecular flexibility index (Phi) is 5.57. The topological polar surface area (TPSA) is 38.3 Å². The van der Waals surface area contributed by atoms with Gasteiger partial charge in [0.1, 0.15) is 5.75 Å². The molecule has 2 aromatic carbocycles. The van der Waals surface area contributed by atoms with Crippen LogP contribution in [0.4, 0.5) is 5.69 Å². The Morgan fingerprint density at radius 2 is 1.85 bits per heavy atom. The third kappa shape index (κ3) is 3.73. The Hall–Kier alpha value is -2.00. The van der Waals surface area contributed by atoms with Crippen molar-refractivity contribution in [3.05, 3.63) is 58.6 Å². The highest BCUT2D eigenvalue weighted by Gasteiger charge is 2.43. The number of carbonyl (C=O) groups excluding carboxylic acids is 1. The average Bonchev–Trinajstić information content (AvgIpc) is 3.08. The number of rotatable bonds is 5. The van der Waals surface area contributed by atoms with Crippen LogP contribution >= 0.6 is 11.6 Å². The van der Waals surface area contributed by atoms with Gasteiger partial charge in [-0.3, -0.25) is 4.79 Å². The van der Waals surface area contributed by atoms with Crippen LogP contribution in [0.5, 0.6) is 5.75 Å². The molecule has 1 fully saturated rings. The van der Waals surface area contributed by atoms with Crippen LogP contribution in [0.2, 0.25) is 5.02 Å². The normalized spacial score (nSPS) is 15.9. The van der Waals surface area contributed by atoms with Crippen molar-refractivity contribution in [1.82, 2.24) is 0 Å². The van der Waals surface area contributed by atoms with Gasteiger partial charge in [-0.1, -0.05) is 42.6 Å². The lowest BCUT2D eigenvalue weighted by Crippen LogP contribution is -2.38. The van der Waals surface area contributed by atoms with Crippen molar-refractivity contribution in [2.24, 2.45) is 0 Å². The Morgan fingerprint density at radius 1 is 1.15 bits per heavy atom. The average molecular weight is 372 g/mol. The van der Waals surface area contributed by atoms with Crippen LogP contribution in [-0.4, -0.2) is 12.0 Å². The van der Waals surface area contributed by atoms with Gasteiger partial charge in [-0.05, 0) is 69.0 Å². The number of anilines is 1. The van der Waals surface area contributed by atoms with Crippen molar-refractivity contribution in [3.8, 4) is 5.75 Å². The molecule has 1 N–H and O–H groups in total. The minimum Gasteiger partial charge on any atom is -0.491 e. The molecule has 4 heteroatoms. The summed E-state index contributed by atoms with van der Waals surface area (Å²) < 4.78 is 5.78. The fraction of sp³-hybridized carbons (Fsp3) is 0.409. The van der Waals surface area contributed by atoms with E-state index in [9.17, 15) is 4.79 Å². The number of aryl methyl sites for hydroxylation is 1. The summed E-state index contributed by atoms with van der Waals surface area (Å²) in [4.78, 5) is 13.3. The van der Waals surface area contributed by atoms with E-state index >= 15 is 0 Å². The molecule has 3 rings (SSSR count). The van der Waals surface area contributed by atoms with E-state index in [4.69, 9.17) is 16.3 Å². The van der Waals surface area contributed by atoms with E-state index in [1.54, 1.807) is 0 Å². The molecule has 26 heavy (non-hydrogen) atoms. The van der Waals surface area contributed by atoms with E-state index in [2.05, 4.69) is 5.32 Å². The molecular formula is C22H26ClNO2. The first-order valence-corrected chi connectivity index (χ1v) is 9.64. The summed E-state index contributed by atoms with van der Waals surface area (Å²) in [6, 6.07) is 13.5. The minimum absolute atomic E-state index is 0.0278. The smallest absolute Gasteiger partial charge is 0.235 e. The van der Waals surface area contributed by atoms with Gasteiger partial charge in [-0.25, -0.2) is 0 Å². The number of nitrogens with one attached hydrogen (secondary N) is 1. The van der Waals surface area contributed by atoms with Gasteiger partial charge < -0.3 is 10.1 Å². The number of amides is 1. The molecule has 0 aliphatic heterocycles. The molecule has 0 saturated heterocycles. The molecule has 0 spiro atoms. The molecule has 1 saturated carbocycles. The lowest BCUT2D eigenvalue weighted by Gasteiger charge is -2.29. The molecule has 1 aliphatic carbocycles. The van der Waals surface area contributed by atoms with Gasteiger partial charge in [0.05, 0.1) is 11.5 Å². The van der Waals surface area contributed by atoms with Crippen LogP contribution in [0.1, 0.15) is 50.7 Å². The largest absolute Gasteiger partial charge is 0.491 e. The Labute approximate surface area is 160 Å². The minimum atomic E-state index is -0.542. The van der Waals surface area contributed by atoms with E-state index in [0.717, 1.165) is 48.2 Å². The van der Waals surface area contributed by atoms with Crippen molar-refractivity contribution < 1.29 is 9.53 Å². The second kappa shape index (κ2) is 7.71. The lowest BCUT2D eigenvalue weighted by atomic mass is 9.78. The molecule has 0 unspecified atom stereocenters. The zero-order chi connectivity index (χ0) is 18.7. The molecule has 1 aliphatic rings. The summed E-state index contributed by atoms with van der Waals surface area (Å²) in [7, 11) is 0. The van der Waals surface area contributed by atoms with Crippen LogP contribution in [0.15, 0.2) is 42.5 Å². The predicted octanol–water partition coefficient (Wildman–Crippen LogP) is 5.89. The number of benzene rings is 2. The van der Waals surface area contributed by atoms with Crippen molar-refractivity contribution in [1.29, 1.82) is 0 Å². The molecule has 3 nitrogen and oxygen atoms in total. The summed E-state index contributed by atoms with van der Waals surface area (Å²) in [5.41, 5.74) is 2.20. The van der Waals surface area contributed by atoms with E-state index < -0.39 is 5.41 Å². The monoisotopic (exact) mass is 371 g/mol. The standard InChI is InChI=1S/C22H26ClNO2/c1-15(2)26-20-11-10-17(14-16(20)3)24-21(25)22(12-6-7-13-22)18-8-4-5-9-19(18)23/h4-5,8-11,14-15H,6-7,12-13H2,1-3H3,(H,24,25). The number of hydrogen-bond acceptors (Lipinski definition) is 2. The molecule has 0 aromatic heterocycles. The maximum absolute atomic E-state index is 13.3. The summed E-state index contributed by atoms with van der Waals surface area (Å²) in [6.45, 7) is 6.00. The highest BCUT2D eigenvalue weighted by atomic mass is 35.5. The summed E-state index contributed by atoms with van der Waals surface area (Å²) >= 11 is 6.44. The van der Waals surface area contributed by atoms with Gasteiger partial charge in [-0.2, -0.15) is 0 Å². The summed E-state index contributed by atoms with van der Waals surface area (Å²) in [6.07, 6.45) is 3.86. The molecule has 0 radical (unpaired) electrons. The molecule has 0 heterocycles. The maximum atomic E-state index is 13.3. The van der Waals surface area contributed by atoms with Crippen LogP contribution in [0.3, 0.4) is 0 Å². The number of ether oxygens (including phenoxy) is 1. The quantitative estimate of drug-likeness (QED) is 0.712. The molecule has 0 atom stereocenters. The van der Waals surface area contributed by atoms with Gasteiger partial charge in [0.25, 0.3) is 0 Å². The Bertz CT molecular complexity index is 794. The van der Waals surface area contributed by atoms with Gasteiger partial charge in [0.15, 0.2) is 0 Å². The van der Waals surface area contributed by atoms with Crippen molar-refractivity contribution in [2.75, 3.05) is 5.32 Å². The fourth-order valence-electron chi connectivity index (χ4n) is 3.81. The van der Waals surface area contributed by atoms with Crippen LogP contribution in [-0.2, 0) is 10.2 Å². The SMILES string of the molecule is Cc1cc(NC(=O)C2(c3ccccc3Cl)CCCC2)ccc1OC(C)C. The first-order chi connectivity index (χ1) is 12.4. The van der Waals surface area contributed by atoms with Crippen molar-refractivity contribution in [2.45, 2.75) is 58.0 Å². The first-order valence-electron chi connectivity index (χ1n) is 9.26. The van der Waals surface area contributed by atoms with Gasteiger partial charge in [-0.15, -0.1) is 0 Å². The highest BCUT2D eigenvalue weighted by Crippen LogP contribution is 2.44. The zero-order valence-corrected chi connectivity index (χ0v) is 16.4. The van der Waals surface area contributed by atoms with Crippen LogP contribution in [0.25, 0.3) is 0 Å². The number of hydrogen-bond donors (Lipinski definition) is 1. The van der Waals surface area contributed by atoms with E-state index in [-0.39, 0.29) is 12.0 Å². The maximum Gasteiger partial charge on any atom is 0.235 e. The van der Waals surface area contributed by atoms with Crippen LogP contribution < -0.4 is 10.1 Å². The summed E-state index contributed by atoms with van der Waals surface area (Å²) in [5.74, 6) is 0.875. The second-order valence-electron chi connectivity index (χ2n) is 7.37. The first kappa shape index (κ1) is 18.8. The number of halogens is 1. The summed E-state index contributed by atoms with van der Waals surface area (Å²) in [5, 5.41) is 3.79. The molecule has 1 amide bonds. The van der Waals surface area contributed by atoms with Gasteiger partial charge >= 0.3 is 0 Å². The third-order valence-electron chi connectivity index (χ3n) is 5.08. The molecule has 2 aromatic rings. The zero-order valence-electron chi connectivity index (χ0n) is 15.6.